The Bertz CT molecular complexity index is 389. The molecule has 0 aliphatic carbocycles. The summed E-state index contributed by atoms with van der Waals surface area (Å²) in [6.07, 6.45) is 20.4. The highest BCUT2D eigenvalue weighted by atomic mass is 127. The maximum atomic E-state index is 11.5. The summed E-state index contributed by atoms with van der Waals surface area (Å²) in [5, 5.41) is 9.49. The molecule has 0 aromatic rings. The lowest BCUT2D eigenvalue weighted by Crippen LogP contribution is -2.46. The van der Waals surface area contributed by atoms with E-state index in [0.29, 0.717) is 3.92 Å². The molecule has 0 saturated heterocycles. The number of carboxylic acid groups (broad SMARTS) is 1. The van der Waals surface area contributed by atoms with Gasteiger partial charge in [0.15, 0.2) is 1.43 Å². The highest BCUT2D eigenvalue weighted by Gasteiger charge is 2.54. The second-order valence-electron chi connectivity index (χ2n) is 7.35. The van der Waals surface area contributed by atoms with Crippen LogP contribution in [-0.4, -0.2) is 17.9 Å². The third kappa shape index (κ3) is 13.3. The predicted molar refractivity (Wildman–Crippen MR) is 162 cm³/mol. The second-order valence-corrected chi connectivity index (χ2v) is 19.6. The van der Waals surface area contributed by atoms with Gasteiger partial charge in [-0.3, -0.25) is 0 Å². The van der Waals surface area contributed by atoms with E-state index in [2.05, 4.69) is 120 Å². The van der Waals surface area contributed by atoms with Crippen molar-refractivity contribution in [3.63, 3.8) is 0 Å². The molecule has 7 heteroatoms. The number of hydrogen-bond donors (Lipinski definition) is 1. The van der Waals surface area contributed by atoms with Gasteiger partial charge >= 0.3 is 5.97 Å². The molecule has 1 atom stereocenters. The van der Waals surface area contributed by atoms with Crippen molar-refractivity contribution < 1.29 is 9.90 Å². The molecule has 0 saturated carbocycles. The summed E-state index contributed by atoms with van der Waals surface area (Å²) in [7, 11) is 0. The fourth-order valence-electron chi connectivity index (χ4n) is 3.04. The van der Waals surface area contributed by atoms with Gasteiger partial charge in [0, 0.05) is 3.92 Å². The van der Waals surface area contributed by atoms with E-state index < -0.39 is 7.40 Å². The fourth-order valence-corrected chi connectivity index (χ4v) is 6.97. The number of aliphatic carboxylic acids is 1. The zero-order valence-corrected chi connectivity index (χ0v) is 27.2. The lowest BCUT2D eigenvalue weighted by atomic mass is 10.0. The van der Waals surface area contributed by atoms with E-state index in [9.17, 15) is 9.90 Å². The summed E-state index contributed by atoms with van der Waals surface area (Å²) in [5.74, 6) is -0.727. The smallest absolute Gasteiger partial charge is 0.331 e. The zero-order chi connectivity index (χ0) is 20.8. The predicted octanol–water partition coefficient (Wildman–Crippen LogP) is 9.88. The van der Waals surface area contributed by atoms with E-state index in [1.165, 1.54) is 89.9 Å². The van der Waals surface area contributed by atoms with Crippen LogP contribution in [0.25, 0.3) is 0 Å². The van der Waals surface area contributed by atoms with Crippen molar-refractivity contribution in [2.75, 3.05) is 0 Å². The maximum Gasteiger partial charge on any atom is 0.331 e. The first-order chi connectivity index (χ1) is 12.7. The first-order valence-electron chi connectivity index (χ1n) is 10.3. The van der Waals surface area contributed by atoms with Crippen molar-refractivity contribution in [2.45, 2.75) is 110 Å². The minimum Gasteiger partial charge on any atom is -0.480 e. The van der Waals surface area contributed by atoms with Crippen molar-refractivity contribution in [3.8, 4) is 0 Å². The van der Waals surface area contributed by atoms with Gasteiger partial charge in [-0.05, 0) is 6.42 Å². The Morgan fingerprint density at radius 3 is 1.41 bits per heavy atom. The first kappa shape index (κ1) is 30.1. The van der Waals surface area contributed by atoms with Crippen LogP contribution < -0.4 is 0 Å². The van der Waals surface area contributed by atoms with E-state index >= 15 is 0 Å². The lowest BCUT2D eigenvalue weighted by Gasteiger charge is -2.35. The van der Waals surface area contributed by atoms with Crippen LogP contribution in [0.2, 0.25) is 0 Å². The highest BCUT2D eigenvalue weighted by molar-refractivity contribution is 14.2. The molecule has 0 radical (unpaired) electrons. The second kappa shape index (κ2) is 17.6. The number of unbranched alkanes of at least 4 members (excludes halogenated alkanes) is 13. The van der Waals surface area contributed by atoms with Gasteiger partial charge in [-0.1, -0.05) is 210 Å². The van der Waals surface area contributed by atoms with Crippen molar-refractivity contribution in [1.29, 1.82) is 0 Å². The number of hydrogen-bond acceptors (Lipinski definition) is 1. The van der Waals surface area contributed by atoms with Crippen molar-refractivity contribution in [3.05, 3.63) is 0 Å². The Morgan fingerprint density at radius 1 is 0.741 bits per heavy atom. The summed E-state index contributed by atoms with van der Waals surface area (Å²) >= 11 is 11.3. The van der Waals surface area contributed by atoms with E-state index in [1.54, 1.807) is 0 Å². The summed E-state index contributed by atoms with van der Waals surface area (Å²) in [6, 6.07) is 0. The summed E-state index contributed by atoms with van der Waals surface area (Å²) in [5.41, 5.74) is 0. The average molecular weight is 942 g/mol. The zero-order valence-electron chi connectivity index (χ0n) is 16.4. The monoisotopic (exact) mass is 942 g/mol. The molecule has 1 unspecified atom stereocenters. The molecule has 0 aliphatic rings. The van der Waals surface area contributed by atoms with Crippen LogP contribution in [0.1, 0.15) is 103 Å². The molecule has 0 amide bonds. The molecule has 1 N–H and O–H groups in total. The van der Waals surface area contributed by atoms with Gasteiger partial charge in [-0.25, -0.2) is 4.79 Å². The minimum atomic E-state index is -0.772. The first-order valence-corrected chi connectivity index (χ1v) is 15.9. The number of carbonyl (C=O) groups is 1. The molecule has 27 heavy (non-hydrogen) atoms. The molecule has 0 aliphatic heterocycles. The number of carboxylic acids is 1. The number of halogens is 5. The maximum absolute atomic E-state index is 11.5. The Balaban J connectivity index is 3.60. The van der Waals surface area contributed by atoms with Crippen LogP contribution in [0, 0.1) is 0 Å². The SMILES string of the molecule is CCCCCCCCCCCCCCCCC(I)C(I)(I)C(I)(I)C(=O)O. The van der Waals surface area contributed by atoms with Gasteiger partial charge in [0.1, 0.15) is 1.43 Å². The highest BCUT2D eigenvalue weighted by Crippen LogP contribution is 2.55. The van der Waals surface area contributed by atoms with E-state index in [0.717, 1.165) is 6.42 Å². The summed E-state index contributed by atoms with van der Waals surface area (Å²) in [4.78, 5) is 11.5. The largest absolute Gasteiger partial charge is 0.480 e. The standard InChI is InChI=1S/C20H35I5O2/c1-2-3-4-5-6-7-8-9-10-11-12-13-14-15-16-17(21)19(22,23)20(24,25)18(26)27/h17H,2-16H2,1H3,(H,26,27). The number of rotatable bonds is 18. The molecule has 0 heterocycles. The van der Waals surface area contributed by atoms with Crippen LogP contribution >= 0.6 is 113 Å². The van der Waals surface area contributed by atoms with Crippen LogP contribution in [0.3, 0.4) is 0 Å². The van der Waals surface area contributed by atoms with Crippen LogP contribution in [-0.2, 0) is 4.79 Å². The van der Waals surface area contributed by atoms with Gasteiger partial charge in [0.05, 0.1) is 0 Å². The van der Waals surface area contributed by atoms with Gasteiger partial charge in [-0.2, -0.15) is 0 Å². The lowest BCUT2D eigenvalue weighted by molar-refractivity contribution is -0.136. The Labute approximate surface area is 235 Å². The number of alkyl halides is 5. The van der Waals surface area contributed by atoms with Gasteiger partial charge < -0.3 is 5.11 Å². The molecule has 0 rings (SSSR count). The third-order valence-corrected chi connectivity index (χ3v) is 18.7. The molecule has 2 nitrogen and oxygen atoms in total. The molecular formula is C20H35I5O2. The quantitative estimate of drug-likeness (QED) is 0.0845. The molecule has 0 aromatic carbocycles. The average Bonchev–Trinajstić information content (AvgIpc) is 2.61. The summed E-state index contributed by atoms with van der Waals surface area (Å²) < 4.78 is -0.698. The topological polar surface area (TPSA) is 37.3 Å². The van der Waals surface area contributed by atoms with Crippen LogP contribution in [0.15, 0.2) is 0 Å². The van der Waals surface area contributed by atoms with E-state index in [-0.39, 0.29) is 1.43 Å². The summed E-state index contributed by atoms with van der Waals surface area (Å²) in [6.45, 7) is 2.28. The molecule has 0 spiro atoms. The van der Waals surface area contributed by atoms with Crippen molar-refractivity contribution in [2.24, 2.45) is 0 Å². The Morgan fingerprint density at radius 2 is 1.07 bits per heavy atom. The molecule has 0 fully saturated rings. The molecule has 162 valence electrons. The van der Waals surface area contributed by atoms with Gasteiger partial charge in [0.25, 0.3) is 0 Å². The minimum absolute atomic E-state index is 0.285. The van der Waals surface area contributed by atoms with Crippen LogP contribution in [0.5, 0.6) is 0 Å². The normalized spacial score (nSPS) is 13.7. The molecular weight excluding hydrogens is 907 g/mol. The van der Waals surface area contributed by atoms with E-state index in [1.807, 2.05) is 0 Å². The van der Waals surface area contributed by atoms with E-state index in [4.69, 9.17) is 0 Å². The Hall–Kier alpha value is 3.12. The third-order valence-electron chi connectivity index (χ3n) is 4.89. The van der Waals surface area contributed by atoms with Gasteiger partial charge in [-0.15, -0.1) is 0 Å². The molecule has 0 aromatic heterocycles. The Kier molecular flexibility index (Phi) is 19.7. The molecule has 0 bridgehead atoms. The van der Waals surface area contributed by atoms with Crippen molar-refractivity contribution >= 4 is 119 Å². The fraction of sp³-hybridized carbons (Fsp3) is 0.950. The van der Waals surface area contributed by atoms with Gasteiger partial charge in [0.2, 0.25) is 0 Å². The van der Waals surface area contributed by atoms with Crippen molar-refractivity contribution in [1.82, 2.24) is 0 Å². The van der Waals surface area contributed by atoms with Crippen LogP contribution in [0.4, 0.5) is 0 Å².